The standard InChI is InChI=1S/C30H31N9/c1-22(13-31)4-24-6-26(9-27(7-24)15-38-20-34-18-36-38)12-30(3,17-33)29-10-25(5-23(2)14-32)8-28(11-29)16-39-21-35-19-37-39/h6-11,18-23H,4-5,12,15-16H2,1-3H3. The molecule has 0 bridgehead atoms. The van der Waals surface area contributed by atoms with E-state index in [9.17, 15) is 15.8 Å². The molecule has 0 aliphatic heterocycles. The summed E-state index contributed by atoms with van der Waals surface area (Å²) in [5.41, 5.74) is 5.21. The first-order chi connectivity index (χ1) is 18.8. The van der Waals surface area contributed by atoms with Gasteiger partial charge in [-0.05, 0) is 73.4 Å². The van der Waals surface area contributed by atoms with Crippen LogP contribution in [0, 0.1) is 45.8 Å². The molecule has 9 heteroatoms. The smallest absolute Gasteiger partial charge is 0.137 e. The Morgan fingerprint density at radius 2 is 1.18 bits per heavy atom. The van der Waals surface area contributed by atoms with Gasteiger partial charge in [-0.2, -0.15) is 26.0 Å². The number of nitriles is 3. The summed E-state index contributed by atoms with van der Waals surface area (Å²) in [7, 11) is 0. The van der Waals surface area contributed by atoms with Crippen molar-refractivity contribution >= 4 is 0 Å². The molecule has 0 saturated carbocycles. The van der Waals surface area contributed by atoms with Gasteiger partial charge in [0.2, 0.25) is 0 Å². The van der Waals surface area contributed by atoms with Gasteiger partial charge in [0.05, 0.1) is 36.7 Å². The fourth-order valence-corrected chi connectivity index (χ4v) is 4.86. The van der Waals surface area contributed by atoms with Crippen LogP contribution in [0.5, 0.6) is 0 Å². The molecule has 0 N–H and O–H groups in total. The zero-order valence-electron chi connectivity index (χ0n) is 22.5. The van der Waals surface area contributed by atoms with Crippen molar-refractivity contribution in [2.75, 3.05) is 0 Å². The zero-order valence-corrected chi connectivity index (χ0v) is 22.5. The highest BCUT2D eigenvalue weighted by molar-refractivity contribution is 5.42. The van der Waals surface area contributed by atoms with E-state index >= 15 is 0 Å². The Labute approximate surface area is 229 Å². The van der Waals surface area contributed by atoms with E-state index in [1.165, 1.54) is 12.7 Å². The van der Waals surface area contributed by atoms with Crippen LogP contribution in [0.3, 0.4) is 0 Å². The van der Waals surface area contributed by atoms with E-state index in [0.29, 0.717) is 32.4 Å². The van der Waals surface area contributed by atoms with E-state index in [-0.39, 0.29) is 11.8 Å². The van der Waals surface area contributed by atoms with Crippen molar-refractivity contribution in [1.29, 1.82) is 15.8 Å². The molecule has 2 heterocycles. The van der Waals surface area contributed by atoms with Gasteiger partial charge in [-0.1, -0.05) is 36.4 Å². The first kappa shape index (κ1) is 27.2. The zero-order chi connectivity index (χ0) is 27.8. The molecule has 3 atom stereocenters. The van der Waals surface area contributed by atoms with Crippen LogP contribution >= 0.6 is 0 Å². The van der Waals surface area contributed by atoms with Crippen LogP contribution in [-0.4, -0.2) is 29.5 Å². The van der Waals surface area contributed by atoms with Crippen LogP contribution in [0.4, 0.5) is 0 Å². The van der Waals surface area contributed by atoms with E-state index in [4.69, 9.17) is 0 Å². The minimum Gasteiger partial charge on any atom is -0.249 e. The summed E-state index contributed by atoms with van der Waals surface area (Å²) in [5.74, 6) is -0.272. The first-order valence-corrected chi connectivity index (χ1v) is 12.9. The lowest BCUT2D eigenvalue weighted by Crippen LogP contribution is -2.24. The van der Waals surface area contributed by atoms with Crippen LogP contribution in [0.2, 0.25) is 0 Å². The molecule has 39 heavy (non-hydrogen) atoms. The number of rotatable bonds is 11. The molecule has 9 nitrogen and oxygen atoms in total. The average molecular weight is 518 g/mol. The molecule has 3 unspecified atom stereocenters. The van der Waals surface area contributed by atoms with Gasteiger partial charge in [-0.15, -0.1) is 0 Å². The van der Waals surface area contributed by atoms with Crippen LogP contribution in [0.1, 0.15) is 54.2 Å². The average Bonchev–Trinajstić information content (AvgIpc) is 3.62. The minimum atomic E-state index is -0.826. The summed E-state index contributed by atoms with van der Waals surface area (Å²) in [6.45, 7) is 6.84. The lowest BCUT2D eigenvalue weighted by atomic mass is 9.76. The molecule has 0 aliphatic rings. The summed E-state index contributed by atoms with van der Waals surface area (Å²) in [6.07, 6.45) is 8.06. The lowest BCUT2D eigenvalue weighted by Gasteiger charge is -2.25. The van der Waals surface area contributed by atoms with Crippen LogP contribution in [-0.2, 0) is 37.8 Å². The van der Waals surface area contributed by atoms with Gasteiger partial charge in [0.1, 0.15) is 25.3 Å². The maximum Gasteiger partial charge on any atom is 0.137 e. The molecule has 196 valence electrons. The van der Waals surface area contributed by atoms with Crippen molar-refractivity contribution in [3.8, 4) is 18.2 Å². The molecule has 0 aliphatic carbocycles. The fourth-order valence-electron chi connectivity index (χ4n) is 4.86. The Morgan fingerprint density at radius 3 is 1.67 bits per heavy atom. The van der Waals surface area contributed by atoms with Gasteiger partial charge >= 0.3 is 0 Å². The Balaban J connectivity index is 1.72. The maximum absolute atomic E-state index is 10.5. The molecule has 4 rings (SSSR count). The summed E-state index contributed by atoms with van der Waals surface area (Å²) in [6, 6.07) is 19.7. The minimum absolute atomic E-state index is 0.125. The van der Waals surface area contributed by atoms with Gasteiger partial charge in [0.25, 0.3) is 0 Å². The van der Waals surface area contributed by atoms with Crippen LogP contribution in [0.15, 0.2) is 61.7 Å². The second kappa shape index (κ2) is 12.2. The van der Waals surface area contributed by atoms with E-state index in [1.807, 2.05) is 20.8 Å². The molecule has 0 spiro atoms. The second-order valence-corrected chi connectivity index (χ2v) is 10.5. The third kappa shape index (κ3) is 7.15. The van der Waals surface area contributed by atoms with E-state index in [0.717, 1.165) is 33.4 Å². The van der Waals surface area contributed by atoms with Crippen molar-refractivity contribution in [3.05, 3.63) is 95.1 Å². The third-order valence-electron chi connectivity index (χ3n) is 6.75. The van der Waals surface area contributed by atoms with Crippen molar-refractivity contribution < 1.29 is 0 Å². The highest BCUT2D eigenvalue weighted by Gasteiger charge is 2.28. The van der Waals surface area contributed by atoms with Crippen molar-refractivity contribution in [2.45, 2.75) is 58.5 Å². The highest BCUT2D eigenvalue weighted by Crippen LogP contribution is 2.31. The van der Waals surface area contributed by atoms with E-state index < -0.39 is 5.41 Å². The normalized spacial score (nSPS) is 13.9. The monoisotopic (exact) mass is 517 g/mol. The first-order valence-electron chi connectivity index (χ1n) is 12.9. The Bertz CT molecular complexity index is 1520. The number of benzene rings is 2. The molecule has 0 radical (unpaired) electrons. The van der Waals surface area contributed by atoms with Crippen molar-refractivity contribution in [1.82, 2.24) is 29.5 Å². The number of hydrogen-bond acceptors (Lipinski definition) is 7. The number of hydrogen-bond donors (Lipinski definition) is 0. The van der Waals surface area contributed by atoms with Crippen LogP contribution < -0.4 is 0 Å². The van der Waals surface area contributed by atoms with E-state index in [2.05, 4.69) is 74.8 Å². The molecule has 2 aromatic carbocycles. The SMILES string of the molecule is CC(C#N)Cc1cc(Cn2cncn2)cc(CC(C)(C#N)c2cc(CC(C)C#N)cc(Cn3cncn3)c2)c1. The van der Waals surface area contributed by atoms with Crippen molar-refractivity contribution in [3.63, 3.8) is 0 Å². The summed E-state index contributed by atoms with van der Waals surface area (Å²) in [4.78, 5) is 8.08. The highest BCUT2D eigenvalue weighted by atomic mass is 15.3. The summed E-state index contributed by atoms with van der Waals surface area (Å²) >= 11 is 0. The molecule has 2 aromatic heterocycles. The van der Waals surface area contributed by atoms with Gasteiger partial charge in [0, 0.05) is 11.8 Å². The molecular weight excluding hydrogens is 486 g/mol. The molecule has 4 aromatic rings. The van der Waals surface area contributed by atoms with Gasteiger partial charge < -0.3 is 0 Å². The molecule has 0 saturated heterocycles. The molecule has 0 amide bonds. The third-order valence-corrected chi connectivity index (χ3v) is 6.75. The van der Waals surface area contributed by atoms with Gasteiger partial charge in [-0.3, -0.25) is 0 Å². The number of aromatic nitrogens is 6. The fraction of sp³-hybridized carbons (Fsp3) is 0.367. The van der Waals surface area contributed by atoms with Gasteiger partial charge in [-0.25, -0.2) is 19.3 Å². The van der Waals surface area contributed by atoms with Crippen molar-refractivity contribution in [2.24, 2.45) is 11.8 Å². The predicted molar refractivity (Wildman–Crippen MR) is 145 cm³/mol. The van der Waals surface area contributed by atoms with E-state index in [1.54, 1.807) is 22.0 Å². The Kier molecular flexibility index (Phi) is 8.49. The van der Waals surface area contributed by atoms with Gasteiger partial charge in [0.15, 0.2) is 0 Å². The second-order valence-electron chi connectivity index (χ2n) is 10.5. The quantitative estimate of drug-likeness (QED) is 0.288. The molecule has 0 fully saturated rings. The summed E-state index contributed by atoms with van der Waals surface area (Å²) < 4.78 is 3.51. The Morgan fingerprint density at radius 1 is 0.718 bits per heavy atom. The molecular formula is C30H31N9. The van der Waals surface area contributed by atoms with Crippen LogP contribution in [0.25, 0.3) is 0 Å². The topological polar surface area (TPSA) is 133 Å². The predicted octanol–water partition coefficient (Wildman–Crippen LogP) is 4.39. The number of nitrogens with zero attached hydrogens (tertiary/aromatic N) is 9. The Hall–Kier alpha value is -4.81. The largest absolute Gasteiger partial charge is 0.249 e. The summed E-state index contributed by atoms with van der Waals surface area (Å²) in [5, 5.41) is 37.8. The maximum atomic E-state index is 10.5. The lowest BCUT2D eigenvalue weighted by molar-refractivity contribution is 0.598.